The van der Waals surface area contributed by atoms with Crippen molar-refractivity contribution in [1.82, 2.24) is 0 Å². The molecule has 0 heterocycles. The molecule has 0 bridgehead atoms. The molecule has 0 spiro atoms. The summed E-state index contributed by atoms with van der Waals surface area (Å²) < 4.78 is 4.85. The first-order valence-electron chi connectivity index (χ1n) is 5.41. The minimum absolute atomic E-state index is 0.0910. The molecule has 2 heteroatoms. The van der Waals surface area contributed by atoms with E-state index in [1.54, 1.807) is 0 Å². The lowest BCUT2D eigenvalue weighted by atomic mass is 9.95. The lowest BCUT2D eigenvalue weighted by Crippen LogP contribution is -2.21. The molecule has 0 unspecified atom stereocenters. The monoisotopic (exact) mass is 204 g/mol. The van der Waals surface area contributed by atoms with Crippen LogP contribution in [0.5, 0.6) is 0 Å². The molecule has 0 radical (unpaired) electrons. The molecule has 0 amide bonds. The molecule has 0 aromatic heterocycles. The van der Waals surface area contributed by atoms with Crippen LogP contribution in [0.2, 0.25) is 0 Å². The van der Waals surface area contributed by atoms with Gasteiger partial charge in [-0.15, -0.1) is 0 Å². The third kappa shape index (κ3) is 1.65. The van der Waals surface area contributed by atoms with E-state index in [2.05, 4.69) is 31.2 Å². The Bertz CT molecular complexity index is 361. The Morgan fingerprint density at radius 2 is 1.93 bits per heavy atom. The van der Waals surface area contributed by atoms with Gasteiger partial charge in [-0.05, 0) is 30.4 Å². The Labute approximate surface area is 90.3 Å². The summed E-state index contributed by atoms with van der Waals surface area (Å²) in [4.78, 5) is 11.6. The van der Waals surface area contributed by atoms with Crippen LogP contribution < -0.4 is 0 Å². The summed E-state index contributed by atoms with van der Waals surface area (Å²) in [5, 5.41) is 0. The number of carbonyl (C=O) groups is 1. The number of hydrogen-bond donors (Lipinski definition) is 0. The van der Waals surface area contributed by atoms with E-state index in [1.807, 2.05) is 0 Å². The summed E-state index contributed by atoms with van der Waals surface area (Å²) in [6.07, 6.45) is 2.88. The van der Waals surface area contributed by atoms with Crippen LogP contribution in [-0.2, 0) is 21.4 Å². The van der Waals surface area contributed by atoms with E-state index < -0.39 is 0 Å². The van der Waals surface area contributed by atoms with Crippen molar-refractivity contribution in [2.45, 2.75) is 31.6 Å². The fourth-order valence-corrected chi connectivity index (χ4v) is 1.99. The first kappa shape index (κ1) is 10.2. The third-order valence-electron chi connectivity index (χ3n) is 3.24. The van der Waals surface area contributed by atoms with Gasteiger partial charge in [-0.25, -0.2) is 0 Å². The summed E-state index contributed by atoms with van der Waals surface area (Å²) in [6, 6.07) is 8.31. The van der Waals surface area contributed by atoms with Crippen LogP contribution in [0.3, 0.4) is 0 Å². The van der Waals surface area contributed by atoms with Gasteiger partial charge >= 0.3 is 5.97 Å². The van der Waals surface area contributed by atoms with Gasteiger partial charge in [-0.2, -0.15) is 0 Å². The van der Waals surface area contributed by atoms with Crippen LogP contribution in [0.15, 0.2) is 24.3 Å². The molecule has 2 nitrogen and oxygen atoms in total. The van der Waals surface area contributed by atoms with Crippen LogP contribution in [0, 0.1) is 0 Å². The van der Waals surface area contributed by atoms with Gasteiger partial charge in [0.15, 0.2) is 0 Å². The Morgan fingerprint density at radius 1 is 1.33 bits per heavy atom. The second kappa shape index (κ2) is 3.69. The molecule has 1 saturated carbocycles. The molecule has 15 heavy (non-hydrogen) atoms. The molecule has 1 fully saturated rings. The maximum atomic E-state index is 11.6. The van der Waals surface area contributed by atoms with Crippen molar-refractivity contribution >= 4 is 5.97 Å². The van der Waals surface area contributed by atoms with Gasteiger partial charge in [0.1, 0.15) is 0 Å². The molecular formula is C13H16O2. The maximum Gasteiger partial charge on any atom is 0.316 e. The van der Waals surface area contributed by atoms with Crippen LogP contribution in [0.1, 0.15) is 30.9 Å². The SMILES string of the molecule is CCc1ccc(C2(C(=O)OC)CC2)cc1. The highest BCUT2D eigenvalue weighted by Crippen LogP contribution is 2.49. The number of carbonyl (C=O) groups excluding carboxylic acids is 1. The predicted molar refractivity (Wildman–Crippen MR) is 58.7 cm³/mol. The highest BCUT2D eigenvalue weighted by Gasteiger charge is 2.52. The van der Waals surface area contributed by atoms with Gasteiger partial charge < -0.3 is 4.74 Å². The van der Waals surface area contributed by atoms with Crippen LogP contribution >= 0.6 is 0 Å². The van der Waals surface area contributed by atoms with Crippen molar-refractivity contribution in [3.8, 4) is 0 Å². The zero-order chi connectivity index (χ0) is 10.9. The Morgan fingerprint density at radius 3 is 2.33 bits per heavy atom. The summed E-state index contributed by atoms with van der Waals surface area (Å²) in [5.41, 5.74) is 2.09. The molecule has 0 saturated heterocycles. The van der Waals surface area contributed by atoms with Crippen LogP contribution in [-0.4, -0.2) is 13.1 Å². The summed E-state index contributed by atoms with van der Waals surface area (Å²) in [6.45, 7) is 2.13. The van der Waals surface area contributed by atoms with E-state index in [-0.39, 0.29) is 11.4 Å². The fourth-order valence-electron chi connectivity index (χ4n) is 1.99. The molecule has 0 N–H and O–H groups in total. The minimum atomic E-state index is -0.318. The first-order chi connectivity index (χ1) is 7.23. The zero-order valence-corrected chi connectivity index (χ0v) is 9.25. The molecule has 0 atom stereocenters. The molecule has 0 aliphatic heterocycles. The maximum absolute atomic E-state index is 11.6. The zero-order valence-electron chi connectivity index (χ0n) is 9.25. The fraction of sp³-hybridized carbons (Fsp3) is 0.462. The number of methoxy groups -OCH3 is 1. The van der Waals surface area contributed by atoms with Crippen LogP contribution in [0.4, 0.5) is 0 Å². The van der Waals surface area contributed by atoms with Crippen molar-refractivity contribution in [1.29, 1.82) is 0 Å². The summed E-state index contributed by atoms with van der Waals surface area (Å²) in [5.74, 6) is -0.0910. The molecule has 1 aliphatic carbocycles. The topological polar surface area (TPSA) is 26.3 Å². The van der Waals surface area contributed by atoms with Crippen molar-refractivity contribution in [3.05, 3.63) is 35.4 Å². The molecule has 80 valence electrons. The number of benzene rings is 1. The Kier molecular flexibility index (Phi) is 2.51. The van der Waals surface area contributed by atoms with E-state index in [4.69, 9.17) is 4.74 Å². The van der Waals surface area contributed by atoms with E-state index in [1.165, 1.54) is 12.7 Å². The van der Waals surface area contributed by atoms with Gasteiger partial charge in [-0.3, -0.25) is 4.79 Å². The quantitative estimate of drug-likeness (QED) is 0.707. The first-order valence-corrected chi connectivity index (χ1v) is 5.41. The van der Waals surface area contributed by atoms with Gasteiger partial charge in [0, 0.05) is 0 Å². The number of ether oxygens (including phenoxy) is 1. The number of hydrogen-bond acceptors (Lipinski definition) is 2. The largest absolute Gasteiger partial charge is 0.468 e. The minimum Gasteiger partial charge on any atom is -0.468 e. The average molecular weight is 204 g/mol. The second-order valence-electron chi connectivity index (χ2n) is 4.12. The van der Waals surface area contributed by atoms with E-state index >= 15 is 0 Å². The third-order valence-corrected chi connectivity index (χ3v) is 3.24. The van der Waals surface area contributed by atoms with E-state index in [9.17, 15) is 4.79 Å². The summed E-state index contributed by atoms with van der Waals surface area (Å²) >= 11 is 0. The second-order valence-corrected chi connectivity index (χ2v) is 4.12. The highest BCUT2D eigenvalue weighted by molar-refractivity contribution is 5.86. The van der Waals surface area contributed by atoms with Gasteiger partial charge in [0.05, 0.1) is 12.5 Å². The molecular weight excluding hydrogens is 188 g/mol. The molecule has 1 aliphatic rings. The van der Waals surface area contributed by atoms with Crippen molar-refractivity contribution in [2.24, 2.45) is 0 Å². The number of aryl methyl sites for hydroxylation is 1. The highest BCUT2D eigenvalue weighted by atomic mass is 16.5. The Balaban J connectivity index is 2.26. The number of rotatable bonds is 3. The Hall–Kier alpha value is -1.31. The van der Waals surface area contributed by atoms with Gasteiger partial charge in [0.25, 0.3) is 0 Å². The van der Waals surface area contributed by atoms with E-state index in [0.717, 1.165) is 24.8 Å². The molecule has 1 aromatic carbocycles. The predicted octanol–water partition coefficient (Wildman–Crippen LogP) is 2.45. The molecule has 1 aromatic rings. The lowest BCUT2D eigenvalue weighted by Gasteiger charge is -2.13. The van der Waals surface area contributed by atoms with Crippen molar-refractivity contribution < 1.29 is 9.53 Å². The van der Waals surface area contributed by atoms with Crippen LogP contribution in [0.25, 0.3) is 0 Å². The molecule has 2 rings (SSSR count). The lowest BCUT2D eigenvalue weighted by molar-refractivity contribution is -0.143. The average Bonchev–Trinajstić information content (AvgIpc) is 3.09. The van der Waals surface area contributed by atoms with Gasteiger partial charge in [-0.1, -0.05) is 31.2 Å². The van der Waals surface area contributed by atoms with E-state index in [0.29, 0.717) is 0 Å². The summed E-state index contributed by atoms with van der Waals surface area (Å²) in [7, 11) is 1.46. The van der Waals surface area contributed by atoms with Crippen molar-refractivity contribution in [2.75, 3.05) is 7.11 Å². The van der Waals surface area contributed by atoms with Gasteiger partial charge in [0.2, 0.25) is 0 Å². The number of esters is 1. The smallest absolute Gasteiger partial charge is 0.316 e. The normalized spacial score (nSPS) is 17.2. The standard InChI is InChI=1S/C13H16O2/c1-3-10-4-6-11(7-5-10)13(8-9-13)12(14)15-2/h4-7H,3,8-9H2,1-2H3. The van der Waals surface area contributed by atoms with Crippen molar-refractivity contribution in [3.63, 3.8) is 0 Å².